The molecule has 7 heteroatoms. The van der Waals surface area contributed by atoms with Crippen LogP contribution in [0.25, 0.3) is 0 Å². The molecule has 1 amide bonds. The van der Waals surface area contributed by atoms with Crippen LogP contribution < -0.4 is 10.6 Å². The topological polar surface area (TPSA) is 66.9 Å². The highest BCUT2D eigenvalue weighted by molar-refractivity contribution is 7.98. The van der Waals surface area contributed by atoms with E-state index in [0.29, 0.717) is 0 Å². The molecule has 24 heavy (non-hydrogen) atoms. The molecule has 0 aliphatic carbocycles. The van der Waals surface area contributed by atoms with E-state index in [9.17, 15) is 4.79 Å². The van der Waals surface area contributed by atoms with Crippen molar-refractivity contribution >= 4 is 45.6 Å². The molecule has 2 heterocycles. The largest absolute Gasteiger partial charge is 0.326 e. The summed E-state index contributed by atoms with van der Waals surface area (Å²) in [5, 5.41) is 8.61. The van der Waals surface area contributed by atoms with Crippen LogP contribution in [0.15, 0.2) is 58.9 Å². The molecule has 0 atom stereocenters. The third kappa shape index (κ3) is 4.56. The SMILES string of the molecule is CSc1ccc(NC(=O)Cc2csc(Nc3ccccn3)n2)cc1. The van der Waals surface area contributed by atoms with Crippen molar-refractivity contribution in [1.82, 2.24) is 9.97 Å². The minimum absolute atomic E-state index is 0.0819. The standard InChI is InChI=1S/C17H16N4OS2/c1-23-14-7-5-12(6-8-14)19-16(22)10-13-11-24-17(20-13)21-15-4-2-3-9-18-15/h2-9,11H,10H2,1H3,(H,19,22)(H,18,20,21). The highest BCUT2D eigenvalue weighted by atomic mass is 32.2. The molecule has 0 bridgehead atoms. The first-order valence-corrected chi connectivity index (χ1v) is 9.40. The molecule has 0 aliphatic rings. The highest BCUT2D eigenvalue weighted by Crippen LogP contribution is 2.20. The second kappa shape index (κ2) is 7.94. The van der Waals surface area contributed by atoms with E-state index >= 15 is 0 Å². The maximum absolute atomic E-state index is 12.1. The van der Waals surface area contributed by atoms with Crippen LogP contribution in [0.4, 0.5) is 16.6 Å². The number of anilines is 3. The zero-order valence-corrected chi connectivity index (χ0v) is 14.7. The number of pyridine rings is 1. The Morgan fingerprint density at radius 2 is 2.04 bits per heavy atom. The summed E-state index contributed by atoms with van der Waals surface area (Å²) in [5.74, 6) is 0.651. The van der Waals surface area contributed by atoms with Crippen molar-refractivity contribution in [2.45, 2.75) is 11.3 Å². The van der Waals surface area contributed by atoms with Gasteiger partial charge >= 0.3 is 0 Å². The quantitative estimate of drug-likeness (QED) is 0.649. The number of thioether (sulfide) groups is 1. The Bertz CT molecular complexity index is 803. The number of hydrogen-bond donors (Lipinski definition) is 2. The summed E-state index contributed by atoms with van der Waals surface area (Å²) in [6, 6.07) is 13.4. The van der Waals surface area contributed by atoms with Crippen molar-refractivity contribution in [2.75, 3.05) is 16.9 Å². The predicted molar refractivity (Wildman–Crippen MR) is 100 cm³/mol. The Morgan fingerprint density at radius 1 is 1.21 bits per heavy atom. The van der Waals surface area contributed by atoms with Crippen molar-refractivity contribution in [1.29, 1.82) is 0 Å². The van der Waals surface area contributed by atoms with Crippen molar-refractivity contribution < 1.29 is 4.79 Å². The Balaban J connectivity index is 1.56. The van der Waals surface area contributed by atoms with Crippen LogP contribution in [0.5, 0.6) is 0 Å². The van der Waals surface area contributed by atoms with E-state index in [1.807, 2.05) is 54.1 Å². The number of amides is 1. The van der Waals surface area contributed by atoms with Crippen LogP contribution in [-0.4, -0.2) is 22.1 Å². The van der Waals surface area contributed by atoms with Crippen molar-refractivity contribution in [3.8, 4) is 0 Å². The van der Waals surface area contributed by atoms with Gasteiger partial charge in [0.2, 0.25) is 5.91 Å². The normalized spacial score (nSPS) is 10.4. The fourth-order valence-corrected chi connectivity index (χ4v) is 3.16. The van der Waals surface area contributed by atoms with Crippen LogP contribution in [0.1, 0.15) is 5.69 Å². The number of thiazole rings is 1. The van der Waals surface area contributed by atoms with Crippen LogP contribution in [0, 0.1) is 0 Å². The van der Waals surface area contributed by atoms with Crippen LogP contribution in [-0.2, 0) is 11.2 Å². The van der Waals surface area contributed by atoms with Gasteiger partial charge in [-0.2, -0.15) is 0 Å². The number of benzene rings is 1. The van der Waals surface area contributed by atoms with Gasteiger partial charge in [0.25, 0.3) is 0 Å². The molecule has 3 rings (SSSR count). The molecule has 2 N–H and O–H groups in total. The maximum Gasteiger partial charge on any atom is 0.230 e. The van der Waals surface area contributed by atoms with E-state index < -0.39 is 0 Å². The Morgan fingerprint density at radius 3 is 2.75 bits per heavy atom. The molecule has 0 fully saturated rings. The zero-order valence-electron chi connectivity index (χ0n) is 13.0. The number of aromatic nitrogens is 2. The summed E-state index contributed by atoms with van der Waals surface area (Å²) in [5.41, 5.74) is 1.52. The van der Waals surface area contributed by atoms with E-state index in [1.165, 1.54) is 11.3 Å². The average Bonchev–Trinajstić information content (AvgIpc) is 3.03. The molecule has 0 spiro atoms. The van der Waals surface area contributed by atoms with E-state index in [4.69, 9.17) is 0 Å². The van der Waals surface area contributed by atoms with E-state index in [0.717, 1.165) is 27.2 Å². The third-order valence-electron chi connectivity index (χ3n) is 3.17. The van der Waals surface area contributed by atoms with Gasteiger partial charge in [-0.15, -0.1) is 23.1 Å². The number of carbonyl (C=O) groups excluding carboxylic acids is 1. The molecule has 1 aromatic carbocycles. The van der Waals surface area contributed by atoms with E-state index in [2.05, 4.69) is 20.6 Å². The number of hydrogen-bond acceptors (Lipinski definition) is 6. The molecular formula is C17H16N4OS2. The predicted octanol–water partition coefficient (Wildman–Crippen LogP) is 4.18. The number of rotatable bonds is 6. The lowest BCUT2D eigenvalue weighted by atomic mass is 10.3. The van der Waals surface area contributed by atoms with E-state index in [1.54, 1.807) is 18.0 Å². The smallest absolute Gasteiger partial charge is 0.230 e. The first kappa shape index (κ1) is 16.5. The first-order valence-electron chi connectivity index (χ1n) is 7.29. The summed E-state index contributed by atoms with van der Waals surface area (Å²) < 4.78 is 0. The molecule has 3 aromatic rings. The lowest BCUT2D eigenvalue weighted by molar-refractivity contribution is -0.115. The third-order valence-corrected chi connectivity index (χ3v) is 4.72. The lowest BCUT2D eigenvalue weighted by Gasteiger charge is -2.04. The van der Waals surface area contributed by atoms with Gasteiger partial charge in [0, 0.05) is 22.2 Å². The van der Waals surface area contributed by atoms with Gasteiger partial charge in [-0.25, -0.2) is 9.97 Å². The van der Waals surface area contributed by atoms with Gasteiger partial charge < -0.3 is 10.6 Å². The maximum atomic E-state index is 12.1. The molecule has 5 nitrogen and oxygen atoms in total. The van der Waals surface area contributed by atoms with Gasteiger partial charge in [-0.3, -0.25) is 4.79 Å². The van der Waals surface area contributed by atoms with Gasteiger partial charge in [-0.1, -0.05) is 6.07 Å². The molecule has 2 aromatic heterocycles. The molecule has 0 saturated carbocycles. The van der Waals surface area contributed by atoms with Gasteiger partial charge in [0.15, 0.2) is 5.13 Å². The summed E-state index contributed by atoms with van der Waals surface area (Å²) in [6.45, 7) is 0. The second-order valence-corrected chi connectivity index (χ2v) is 6.68. The Hall–Kier alpha value is -2.38. The fraction of sp³-hybridized carbons (Fsp3) is 0.118. The fourth-order valence-electron chi connectivity index (χ4n) is 2.04. The van der Waals surface area contributed by atoms with Crippen LogP contribution in [0.3, 0.4) is 0 Å². The molecule has 122 valence electrons. The number of carbonyl (C=O) groups is 1. The zero-order chi connectivity index (χ0) is 16.8. The lowest BCUT2D eigenvalue weighted by Crippen LogP contribution is -2.14. The minimum Gasteiger partial charge on any atom is -0.326 e. The molecule has 0 unspecified atom stereocenters. The monoisotopic (exact) mass is 356 g/mol. The Kier molecular flexibility index (Phi) is 5.45. The van der Waals surface area contributed by atoms with Gasteiger partial charge in [0.05, 0.1) is 12.1 Å². The van der Waals surface area contributed by atoms with Gasteiger partial charge in [-0.05, 0) is 42.7 Å². The van der Waals surface area contributed by atoms with Crippen LogP contribution >= 0.6 is 23.1 Å². The van der Waals surface area contributed by atoms with Crippen LogP contribution in [0.2, 0.25) is 0 Å². The number of nitrogens with zero attached hydrogens (tertiary/aromatic N) is 2. The molecular weight excluding hydrogens is 340 g/mol. The van der Waals surface area contributed by atoms with Crippen molar-refractivity contribution in [2.24, 2.45) is 0 Å². The van der Waals surface area contributed by atoms with Crippen molar-refractivity contribution in [3.05, 3.63) is 59.7 Å². The van der Waals surface area contributed by atoms with Gasteiger partial charge in [0.1, 0.15) is 5.82 Å². The summed E-state index contributed by atoms with van der Waals surface area (Å²) in [4.78, 5) is 21.9. The molecule has 0 aliphatic heterocycles. The van der Waals surface area contributed by atoms with E-state index in [-0.39, 0.29) is 12.3 Å². The first-order chi connectivity index (χ1) is 11.7. The minimum atomic E-state index is -0.0819. The summed E-state index contributed by atoms with van der Waals surface area (Å²) >= 11 is 3.12. The summed E-state index contributed by atoms with van der Waals surface area (Å²) in [6.07, 6.45) is 3.98. The second-order valence-electron chi connectivity index (χ2n) is 4.94. The number of nitrogens with one attached hydrogen (secondary N) is 2. The van der Waals surface area contributed by atoms with Crippen molar-refractivity contribution in [3.63, 3.8) is 0 Å². The Labute approximate surface area is 148 Å². The average molecular weight is 356 g/mol. The summed E-state index contributed by atoms with van der Waals surface area (Å²) in [7, 11) is 0. The molecule has 0 radical (unpaired) electrons. The highest BCUT2D eigenvalue weighted by Gasteiger charge is 2.08. The molecule has 0 saturated heterocycles.